The van der Waals surface area contributed by atoms with Gasteiger partial charge in [-0.15, -0.1) is 0 Å². The van der Waals surface area contributed by atoms with E-state index in [1.807, 2.05) is 0 Å². The van der Waals surface area contributed by atoms with E-state index in [1.165, 1.54) is 12.8 Å². The summed E-state index contributed by atoms with van der Waals surface area (Å²) >= 11 is 0. The van der Waals surface area contributed by atoms with Crippen LogP contribution >= 0.6 is 0 Å². The van der Waals surface area contributed by atoms with E-state index < -0.39 is 0 Å². The van der Waals surface area contributed by atoms with Gasteiger partial charge in [0.15, 0.2) is 0 Å². The van der Waals surface area contributed by atoms with Crippen molar-refractivity contribution in [1.29, 1.82) is 0 Å². The largest absolute Gasteiger partial charge is 0.342 e. The molecule has 2 aliphatic rings. The van der Waals surface area contributed by atoms with E-state index in [9.17, 15) is 4.79 Å². The smallest absolute Gasteiger partial charge is 0.230 e. The van der Waals surface area contributed by atoms with Crippen molar-refractivity contribution in [3.8, 4) is 0 Å². The Morgan fingerprint density at radius 2 is 1.94 bits per heavy atom. The monoisotopic (exact) mass is 224 g/mol. The maximum atomic E-state index is 12.5. The molecule has 1 saturated heterocycles. The summed E-state index contributed by atoms with van der Waals surface area (Å²) in [5, 5.41) is 0. The third kappa shape index (κ3) is 1.97. The van der Waals surface area contributed by atoms with Gasteiger partial charge in [0, 0.05) is 19.6 Å². The number of likely N-dealkylation sites (tertiary alicyclic amines) is 1. The van der Waals surface area contributed by atoms with Crippen molar-refractivity contribution in [1.82, 2.24) is 4.90 Å². The van der Waals surface area contributed by atoms with Crippen LogP contribution in [0.2, 0.25) is 0 Å². The van der Waals surface area contributed by atoms with E-state index in [4.69, 9.17) is 5.73 Å². The van der Waals surface area contributed by atoms with E-state index in [1.54, 1.807) is 0 Å². The Morgan fingerprint density at radius 3 is 2.38 bits per heavy atom. The summed E-state index contributed by atoms with van der Waals surface area (Å²) in [4.78, 5) is 14.5. The minimum Gasteiger partial charge on any atom is -0.342 e. The third-order valence-electron chi connectivity index (χ3n) is 4.34. The molecule has 0 atom stereocenters. The fraction of sp³-hybridized carbons (Fsp3) is 0.923. The molecule has 1 amide bonds. The Bertz CT molecular complexity index is 276. The van der Waals surface area contributed by atoms with Gasteiger partial charge in [-0.25, -0.2) is 0 Å². The molecule has 0 aromatic rings. The number of carbonyl (C=O) groups is 1. The van der Waals surface area contributed by atoms with Gasteiger partial charge in [0.1, 0.15) is 0 Å². The predicted molar refractivity (Wildman–Crippen MR) is 64.9 cm³/mol. The van der Waals surface area contributed by atoms with E-state index in [0.29, 0.717) is 12.5 Å². The zero-order chi connectivity index (χ0) is 11.8. The highest BCUT2D eigenvalue weighted by Gasteiger charge is 2.46. The number of piperidine rings is 1. The van der Waals surface area contributed by atoms with Crippen LogP contribution in [-0.4, -0.2) is 30.4 Å². The van der Waals surface area contributed by atoms with Crippen LogP contribution in [-0.2, 0) is 4.79 Å². The fourth-order valence-corrected chi connectivity index (χ4v) is 3.04. The van der Waals surface area contributed by atoms with Crippen LogP contribution in [0.5, 0.6) is 0 Å². The first-order valence-corrected chi connectivity index (χ1v) is 6.49. The zero-order valence-corrected chi connectivity index (χ0v) is 10.6. The topological polar surface area (TPSA) is 46.3 Å². The van der Waals surface area contributed by atoms with Gasteiger partial charge in [0.25, 0.3) is 0 Å². The molecular weight excluding hydrogens is 200 g/mol. The Hall–Kier alpha value is -0.570. The third-order valence-corrected chi connectivity index (χ3v) is 4.34. The van der Waals surface area contributed by atoms with Crippen molar-refractivity contribution in [2.24, 2.45) is 16.6 Å². The zero-order valence-electron chi connectivity index (χ0n) is 10.6. The molecule has 2 N–H and O–H groups in total. The molecular formula is C13H24N2O. The van der Waals surface area contributed by atoms with Crippen molar-refractivity contribution in [3.05, 3.63) is 0 Å². The molecule has 3 heteroatoms. The molecule has 2 fully saturated rings. The van der Waals surface area contributed by atoms with Crippen molar-refractivity contribution in [2.75, 3.05) is 19.6 Å². The average molecular weight is 224 g/mol. The van der Waals surface area contributed by atoms with E-state index in [2.05, 4.69) is 18.7 Å². The lowest BCUT2D eigenvalue weighted by atomic mass is 9.67. The van der Waals surface area contributed by atoms with Crippen LogP contribution in [0.4, 0.5) is 0 Å². The van der Waals surface area contributed by atoms with Gasteiger partial charge in [-0.2, -0.15) is 0 Å². The summed E-state index contributed by atoms with van der Waals surface area (Å²) in [5.41, 5.74) is 5.89. The summed E-state index contributed by atoms with van der Waals surface area (Å²) in [6.45, 7) is 6.88. The van der Waals surface area contributed by atoms with Crippen LogP contribution in [0, 0.1) is 10.8 Å². The van der Waals surface area contributed by atoms with Gasteiger partial charge >= 0.3 is 0 Å². The minimum atomic E-state index is -0.187. The Labute approximate surface area is 98.4 Å². The maximum Gasteiger partial charge on any atom is 0.230 e. The van der Waals surface area contributed by atoms with Crippen LogP contribution < -0.4 is 5.73 Å². The second kappa shape index (κ2) is 4.02. The normalized spacial score (nSPS) is 27.3. The highest BCUT2D eigenvalue weighted by Crippen LogP contribution is 2.43. The number of nitrogens with two attached hydrogens (primary N) is 1. The number of hydrogen-bond donors (Lipinski definition) is 1. The summed E-state index contributed by atoms with van der Waals surface area (Å²) in [6.07, 6.45) is 5.53. The van der Waals surface area contributed by atoms with E-state index in [-0.39, 0.29) is 10.8 Å². The first-order valence-electron chi connectivity index (χ1n) is 6.49. The number of hydrogen-bond acceptors (Lipinski definition) is 2. The molecule has 1 aliphatic carbocycles. The number of amides is 1. The standard InChI is InChI=1S/C13H24N2O/c1-12(2)5-4-8-15(10-12)11(16)13(9-14)6-3-7-13/h3-10,14H2,1-2H3. The maximum absolute atomic E-state index is 12.5. The Balaban J connectivity index is 2.04. The van der Waals surface area contributed by atoms with Crippen molar-refractivity contribution in [2.45, 2.75) is 46.0 Å². The van der Waals surface area contributed by atoms with Gasteiger partial charge in [0.2, 0.25) is 5.91 Å². The molecule has 1 heterocycles. The Morgan fingerprint density at radius 1 is 1.25 bits per heavy atom. The van der Waals surface area contributed by atoms with Crippen LogP contribution in [0.25, 0.3) is 0 Å². The first kappa shape index (κ1) is 11.9. The van der Waals surface area contributed by atoms with Crippen molar-refractivity contribution < 1.29 is 4.79 Å². The van der Waals surface area contributed by atoms with Gasteiger partial charge in [0.05, 0.1) is 5.41 Å². The lowest BCUT2D eigenvalue weighted by molar-refractivity contribution is -0.149. The van der Waals surface area contributed by atoms with Crippen LogP contribution in [0.1, 0.15) is 46.0 Å². The molecule has 0 unspecified atom stereocenters. The van der Waals surface area contributed by atoms with Crippen molar-refractivity contribution in [3.63, 3.8) is 0 Å². The van der Waals surface area contributed by atoms with Gasteiger partial charge in [-0.1, -0.05) is 20.3 Å². The second-order valence-corrected chi connectivity index (χ2v) is 6.33. The van der Waals surface area contributed by atoms with Gasteiger partial charge in [-0.05, 0) is 31.1 Å². The molecule has 0 aromatic heterocycles. The molecule has 1 aliphatic heterocycles. The summed E-state index contributed by atoms with van der Waals surface area (Å²) in [7, 11) is 0. The predicted octanol–water partition coefficient (Wildman–Crippen LogP) is 1.76. The number of carbonyl (C=O) groups excluding carboxylic acids is 1. The molecule has 1 saturated carbocycles. The Kier molecular flexibility index (Phi) is 2.99. The summed E-state index contributed by atoms with van der Waals surface area (Å²) < 4.78 is 0. The molecule has 0 spiro atoms. The molecule has 0 aromatic carbocycles. The molecule has 0 radical (unpaired) electrons. The average Bonchev–Trinajstić information content (AvgIpc) is 2.15. The number of nitrogens with zero attached hydrogens (tertiary/aromatic N) is 1. The minimum absolute atomic E-state index is 0.187. The molecule has 92 valence electrons. The van der Waals surface area contributed by atoms with Crippen molar-refractivity contribution >= 4 is 5.91 Å². The van der Waals surface area contributed by atoms with Gasteiger partial charge in [-0.3, -0.25) is 4.79 Å². The van der Waals surface area contributed by atoms with E-state index >= 15 is 0 Å². The summed E-state index contributed by atoms with van der Waals surface area (Å²) in [5.74, 6) is 0.328. The quantitative estimate of drug-likeness (QED) is 0.777. The highest BCUT2D eigenvalue weighted by atomic mass is 16.2. The number of rotatable bonds is 2. The van der Waals surface area contributed by atoms with Gasteiger partial charge < -0.3 is 10.6 Å². The second-order valence-electron chi connectivity index (χ2n) is 6.33. The van der Waals surface area contributed by atoms with Crippen LogP contribution in [0.15, 0.2) is 0 Å². The lowest BCUT2D eigenvalue weighted by Gasteiger charge is -2.46. The first-order chi connectivity index (χ1) is 7.49. The van der Waals surface area contributed by atoms with E-state index in [0.717, 1.165) is 32.4 Å². The summed E-state index contributed by atoms with van der Waals surface area (Å²) in [6, 6.07) is 0. The molecule has 16 heavy (non-hydrogen) atoms. The molecule has 2 rings (SSSR count). The SMILES string of the molecule is CC1(C)CCCN(C(=O)C2(CN)CCC2)C1. The fourth-order valence-electron chi connectivity index (χ4n) is 3.04. The van der Waals surface area contributed by atoms with Crippen LogP contribution in [0.3, 0.4) is 0 Å². The lowest BCUT2D eigenvalue weighted by Crippen LogP contribution is -2.55. The highest BCUT2D eigenvalue weighted by molar-refractivity contribution is 5.84. The molecule has 0 bridgehead atoms. The molecule has 3 nitrogen and oxygen atoms in total.